The molecule has 0 aliphatic carbocycles. The Kier molecular flexibility index (Phi) is 5.39. The zero-order chi connectivity index (χ0) is 15.2. The Morgan fingerprint density at radius 1 is 1.33 bits per heavy atom. The Hall–Kier alpha value is -1.81. The van der Waals surface area contributed by atoms with Gasteiger partial charge in [0.2, 0.25) is 0 Å². The lowest BCUT2D eigenvalue weighted by molar-refractivity contribution is 0.407. The number of nitrogens with one attached hydrogen (secondary N) is 1. The summed E-state index contributed by atoms with van der Waals surface area (Å²) in [6, 6.07) is 6.23. The molecule has 0 saturated carbocycles. The van der Waals surface area contributed by atoms with Crippen molar-refractivity contribution in [2.75, 3.05) is 13.7 Å². The quantitative estimate of drug-likeness (QED) is 0.851. The van der Waals surface area contributed by atoms with Crippen LogP contribution >= 0.6 is 0 Å². The van der Waals surface area contributed by atoms with E-state index in [1.807, 2.05) is 16.9 Å². The van der Waals surface area contributed by atoms with Crippen LogP contribution in [0.3, 0.4) is 0 Å². The molecule has 0 fully saturated rings. The largest absolute Gasteiger partial charge is 0.496 e. The summed E-state index contributed by atoms with van der Waals surface area (Å²) < 4.78 is 7.38. The molecule has 0 unspecified atom stereocenters. The maximum atomic E-state index is 5.42. The van der Waals surface area contributed by atoms with Crippen LogP contribution in [0.1, 0.15) is 30.5 Å². The summed E-state index contributed by atoms with van der Waals surface area (Å²) in [4.78, 5) is 0. The standard InChI is InChI=1S/C17H25N3O/c1-13(2)8-18-9-15-10-19-20(11-15)12-16-7-14(3)5-6-17(16)21-4/h5-7,10-11,13,18H,8-9,12H2,1-4H3. The lowest BCUT2D eigenvalue weighted by atomic mass is 10.1. The molecule has 1 aromatic carbocycles. The van der Waals surface area contributed by atoms with Gasteiger partial charge in [-0.3, -0.25) is 4.68 Å². The topological polar surface area (TPSA) is 39.1 Å². The minimum absolute atomic E-state index is 0.664. The molecule has 0 saturated heterocycles. The lowest BCUT2D eigenvalue weighted by Crippen LogP contribution is -2.18. The van der Waals surface area contributed by atoms with Gasteiger partial charge in [-0.05, 0) is 25.5 Å². The van der Waals surface area contributed by atoms with E-state index in [1.165, 1.54) is 11.1 Å². The molecule has 2 rings (SSSR count). The van der Waals surface area contributed by atoms with Crippen LogP contribution in [-0.4, -0.2) is 23.4 Å². The first-order valence-corrected chi connectivity index (χ1v) is 7.44. The highest BCUT2D eigenvalue weighted by Crippen LogP contribution is 2.20. The van der Waals surface area contributed by atoms with Crippen LogP contribution in [0.25, 0.3) is 0 Å². The normalized spacial score (nSPS) is 11.1. The van der Waals surface area contributed by atoms with E-state index in [2.05, 4.69) is 49.5 Å². The fourth-order valence-electron chi connectivity index (χ4n) is 2.29. The van der Waals surface area contributed by atoms with Crippen molar-refractivity contribution in [3.05, 3.63) is 47.3 Å². The number of ether oxygens (including phenoxy) is 1. The first-order valence-electron chi connectivity index (χ1n) is 7.44. The van der Waals surface area contributed by atoms with Crippen molar-refractivity contribution in [1.29, 1.82) is 0 Å². The average molecular weight is 287 g/mol. The van der Waals surface area contributed by atoms with E-state index in [-0.39, 0.29) is 0 Å². The predicted molar refractivity (Wildman–Crippen MR) is 85.6 cm³/mol. The number of nitrogens with zero attached hydrogens (tertiary/aromatic N) is 2. The minimum atomic E-state index is 0.664. The summed E-state index contributed by atoms with van der Waals surface area (Å²) in [7, 11) is 1.71. The van der Waals surface area contributed by atoms with Gasteiger partial charge in [0.15, 0.2) is 0 Å². The number of rotatable bonds is 7. The first kappa shape index (κ1) is 15.6. The van der Waals surface area contributed by atoms with Crippen LogP contribution in [0.15, 0.2) is 30.6 Å². The molecule has 0 spiro atoms. The Balaban J connectivity index is 2.00. The van der Waals surface area contributed by atoms with Crippen molar-refractivity contribution in [3.8, 4) is 5.75 Å². The van der Waals surface area contributed by atoms with E-state index in [0.29, 0.717) is 5.92 Å². The Bertz CT molecular complexity index is 575. The summed E-state index contributed by atoms with van der Waals surface area (Å²) in [5.74, 6) is 1.58. The van der Waals surface area contributed by atoms with Crippen molar-refractivity contribution in [2.24, 2.45) is 5.92 Å². The average Bonchev–Trinajstić information content (AvgIpc) is 2.86. The van der Waals surface area contributed by atoms with Gasteiger partial charge < -0.3 is 10.1 Å². The van der Waals surface area contributed by atoms with Crippen molar-refractivity contribution < 1.29 is 4.74 Å². The first-order chi connectivity index (χ1) is 10.1. The molecule has 0 bridgehead atoms. The number of aromatic nitrogens is 2. The molecule has 1 N–H and O–H groups in total. The molecule has 0 atom stereocenters. The monoisotopic (exact) mass is 287 g/mol. The van der Waals surface area contributed by atoms with Crippen LogP contribution in [0.4, 0.5) is 0 Å². The van der Waals surface area contributed by atoms with Crippen molar-refractivity contribution in [1.82, 2.24) is 15.1 Å². The highest BCUT2D eigenvalue weighted by atomic mass is 16.5. The molecule has 4 nitrogen and oxygen atoms in total. The SMILES string of the molecule is COc1ccc(C)cc1Cn1cc(CNCC(C)C)cn1. The van der Waals surface area contributed by atoms with Crippen LogP contribution in [0, 0.1) is 12.8 Å². The molecule has 0 radical (unpaired) electrons. The van der Waals surface area contributed by atoms with Crippen molar-refractivity contribution >= 4 is 0 Å². The van der Waals surface area contributed by atoms with Gasteiger partial charge in [-0.2, -0.15) is 5.10 Å². The predicted octanol–water partition coefficient (Wildman–Crippen LogP) is 2.99. The zero-order valence-electron chi connectivity index (χ0n) is 13.4. The molecule has 1 heterocycles. The van der Waals surface area contributed by atoms with E-state index in [4.69, 9.17) is 4.74 Å². The number of methoxy groups -OCH3 is 1. The summed E-state index contributed by atoms with van der Waals surface area (Å²) in [6.07, 6.45) is 4.02. The minimum Gasteiger partial charge on any atom is -0.496 e. The fraction of sp³-hybridized carbons (Fsp3) is 0.471. The molecule has 0 amide bonds. The molecule has 2 aromatic rings. The highest BCUT2D eigenvalue weighted by Gasteiger charge is 2.06. The third kappa shape index (κ3) is 4.60. The molecular weight excluding hydrogens is 262 g/mol. The summed E-state index contributed by atoms with van der Waals surface area (Å²) >= 11 is 0. The molecular formula is C17H25N3O. The third-order valence-electron chi connectivity index (χ3n) is 3.34. The van der Waals surface area contributed by atoms with Gasteiger partial charge in [-0.1, -0.05) is 31.5 Å². The lowest BCUT2D eigenvalue weighted by Gasteiger charge is -2.09. The number of benzene rings is 1. The van der Waals surface area contributed by atoms with Crippen LogP contribution in [0.5, 0.6) is 5.75 Å². The van der Waals surface area contributed by atoms with E-state index in [0.717, 1.165) is 30.9 Å². The van der Waals surface area contributed by atoms with Crippen molar-refractivity contribution in [2.45, 2.75) is 33.9 Å². The Morgan fingerprint density at radius 3 is 2.86 bits per heavy atom. The van der Waals surface area contributed by atoms with Crippen LogP contribution < -0.4 is 10.1 Å². The van der Waals surface area contributed by atoms with Gasteiger partial charge in [-0.25, -0.2) is 0 Å². The maximum absolute atomic E-state index is 5.42. The van der Waals surface area contributed by atoms with Gasteiger partial charge in [0, 0.05) is 23.9 Å². The second-order valence-corrected chi connectivity index (χ2v) is 5.89. The van der Waals surface area contributed by atoms with E-state index in [9.17, 15) is 0 Å². The molecule has 21 heavy (non-hydrogen) atoms. The van der Waals surface area contributed by atoms with Crippen LogP contribution in [-0.2, 0) is 13.1 Å². The van der Waals surface area contributed by atoms with Gasteiger partial charge in [-0.15, -0.1) is 0 Å². The number of hydrogen-bond acceptors (Lipinski definition) is 3. The van der Waals surface area contributed by atoms with E-state index < -0.39 is 0 Å². The summed E-state index contributed by atoms with van der Waals surface area (Å²) in [5, 5.41) is 7.87. The second-order valence-electron chi connectivity index (χ2n) is 5.89. The smallest absolute Gasteiger partial charge is 0.123 e. The number of hydrogen-bond donors (Lipinski definition) is 1. The van der Waals surface area contributed by atoms with Crippen molar-refractivity contribution in [3.63, 3.8) is 0 Å². The van der Waals surface area contributed by atoms with Gasteiger partial charge in [0.1, 0.15) is 5.75 Å². The fourth-order valence-corrected chi connectivity index (χ4v) is 2.29. The maximum Gasteiger partial charge on any atom is 0.123 e. The molecule has 4 heteroatoms. The Morgan fingerprint density at radius 2 is 2.14 bits per heavy atom. The molecule has 0 aliphatic heterocycles. The zero-order valence-corrected chi connectivity index (χ0v) is 13.4. The van der Waals surface area contributed by atoms with Crippen LogP contribution in [0.2, 0.25) is 0 Å². The van der Waals surface area contributed by atoms with E-state index in [1.54, 1.807) is 7.11 Å². The third-order valence-corrected chi connectivity index (χ3v) is 3.34. The van der Waals surface area contributed by atoms with Gasteiger partial charge in [0.05, 0.1) is 19.9 Å². The number of aryl methyl sites for hydroxylation is 1. The van der Waals surface area contributed by atoms with Gasteiger partial charge >= 0.3 is 0 Å². The van der Waals surface area contributed by atoms with Gasteiger partial charge in [0.25, 0.3) is 0 Å². The Labute approximate surface area is 127 Å². The summed E-state index contributed by atoms with van der Waals surface area (Å²) in [5.41, 5.74) is 3.60. The molecule has 1 aromatic heterocycles. The molecule has 114 valence electrons. The van der Waals surface area contributed by atoms with E-state index >= 15 is 0 Å². The highest BCUT2D eigenvalue weighted by molar-refractivity contribution is 5.37. The summed E-state index contributed by atoms with van der Waals surface area (Å²) in [6.45, 7) is 9.13. The molecule has 0 aliphatic rings. The second kappa shape index (κ2) is 7.27.